The normalized spacial score (nSPS) is 20.7. The molecule has 14 heteroatoms. The first-order chi connectivity index (χ1) is 21.8. The number of aromatic amines is 1. The molecule has 246 valence electrons. The zero-order chi connectivity index (χ0) is 31.4. The van der Waals surface area contributed by atoms with Crippen LogP contribution >= 0.6 is 0 Å². The van der Waals surface area contributed by atoms with E-state index in [-0.39, 0.29) is 5.75 Å². The number of likely N-dealkylation sites (N-methyl/N-ethyl adjacent to an activating group) is 1. The van der Waals surface area contributed by atoms with Crippen LogP contribution in [0.3, 0.4) is 0 Å². The minimum atomic E-state index is -3.28. The topological polar surface area (TPSA) is 135 Å². The molecule has 45 heavy (non-hydrogen) atoms. The molecule has 3 N–H and O–H groups in total. The molecular weight excluding hydrogens is 592 g/mol. The number of sulfonamides is 1. The number of hydrogen-bond acceptors (Lipinski definition) is 11. The van der Waals surface area contributed by atoms with E-state index < -0.39 is 10.0 Å². The summed E-state index contributed by atoms with van der Waals surface area (Å²) in [7, 11) is 2.59. The maximum atomic E-state index is 13.1. The van der Waals surface area contributed by atoms with Crippen LogP contribution in [0.25, 0.3) is 11.2 Å². The number of anilines is 4. The van der Waals surface area contributed by atoms with E-state index in [1.54, 1.807) is 17.7 Å². The quantitative estimate of drug-likeness (QED) is 0.269. The van der Waals surface area contributed by atoms with Crippen molar-refractivity contribution in [1.82, 2.24) is 34.0 Å². The summed E-state index contributed by atoms with van der Waals surface area (Å²) in [4.78, 5) is 23.9. The van der Waals surface area contributed by atoms with Crippen molar-refractivity contribution >= 4 is 44.3 Å². The van der Waals surface area contributed by atoms with Crippen LogP contribution in [0, 0.1) is 0 Å². The number of imidazole rings is 1. The molecule has 1 atom stereocenters. The molecule has 2 aromatic heterocycles. The van der Waals surface area contributed by atoms with Gasteiger partial charge in [-0.2, -0.15) is 14.3 Å². The number of H-pyrrole nitrogens is 1. The third kappa shape index (κ3) is 7.62. The third-order valence-electron chi connectivity index (χ3n) is 9.51. The number of benzene rings is 1. The predicted molar refractivity (Wildman–Crippen MR) is 179 cm³/mol. The molecule has 13 nitrogen and oxygen atoms in total. The first-order valence-electron chi connectivity index (χ1n) is 16.3. The number of likely N-dealkylation sites (tertiary alicyclic amines) is 1. The smallest absolute Gasteiger partial charge is 0.231 e. The van der Waals surface area contributed by atoms with E-state index in [2.05, 4.69) is 54.4 Å². The number of ether oxygens (including phenoxy) is 1. The summed E-state index contributed by atoms with van der Waals surface area (Å²) in [5.74, 6) is 2.05. The maximum absolute atomic E-state index is 13.1. The Morgan fingerprint density at radius 3 is 2.58 bits per heavy atom. The van der Waals surface area contributed by atoms with Gasteiger partial charge in [-0.15, -0.1) is 0 Å². The van der Waals surface area contributed by atoms with Crippen molar-refractivity contribution in [2.75, 3.05) is 88.3 Å². The van der Waals surface area contributed by atoms with Crippen molar-refractivity contribution in [3.05, 3.63) is 24.5 Å². The number of nitrogens with zero attached hydrogens (tertiary/aromatic N) is 7. The van der Waals surface area contributed by atoms with Gasteiger partial charge in [0.15, 0.2) is 11.5 Å². The highest BCUT2D eigenvalue weighted by atomic mass is 32.2. The molecule has 0 radical (unpaired) electrons. The predicted octanol–water partition coefficient (Wildman–Crippen LogP) is 3.33. The lowest BCUT2D eigenvalue weighted by Crippen LogP contribution is -2.49. The van der Waals surface area contributed by atoms with Crippen LogP contribution in [0.15, 0.2) is 24.5 Å². The first kappa shape index (κ1) is 31.8. The maximum Gasteiger partial charge on any atom is 0.231 e. The van der Waals surface area contributed by atoms with E-state index in [4.69, 9.17) is 9.72 Å². The molecule has 3 fully saturated rings. The third-order valence-corrected chi connectivity index (χ3v) is 11.5. The van der Waals surface area contributed by atoms with E-state index in [1.165, 1.54) is 19.3 Å². The van der Waals surface area contributed by atoms with E-state index in [9.17, 15) is 8.42 Å². The highest BCUT2D eigenvalue weighted by molar-refractivity contribution is 7.89. The summed E-state index contributed by atoms with van der Waals surface area (Å²) in [6.07, 6.45) is 9.46. The van der Waals surface area contributed by atoms with Crippen LogP contribution < -0.4 is 20.3 Å². The zero-order valence-electron chi connectivity index (χ0n) is 26.8. The molecule has 1 unspecified atom stereocenters. The number of nitrogens with one attached hydrogen (secondary N) is 3. The van der Waals surface area contributed by atoms with Crippen molar-refractivity contribution < 1.29 is 13.2 Å². The Balaban J connectivity index is 1.05. The Kier molecular flexibility index (Phi) is 9.93. The van der Waals surface area contributed by atoms with E-state index in [1.807, 2.05) is 18.2 Å². The van der Waals surface area contributed by atoms with Gasteiger partial charge in [0, 0.05) is 56.6 Å². The summed E-state index contributed by atoms with van der Waals surface area (Å²) < 4.78 is 33.7. The van der Waals surface area contributed by atoms with Gasteiger partial charge in [0.2, 0.25) is 16.0 Å². The SMILES string of the molecule is COc1cc(N2CCN(S(=O)(=O)CCCN3CCC(N(C)C)C3)CC2)ccc1Nc1nc(NC2CCCCC2)c2nc[nH]c2n1. The van der Waals surface area contributed by atoms with Gasteiger partial charge in [0.25, 0.3) is 0 Å². The molecule has 1 saturated carbocycles. The molecule has 1 aliphatic carbocycles. The lowest BCUT2D eigenvalue weighted by molar-refractivity contribution is 0.269. The lowest BCUT2D eigenvalue weighted by atomic mass is 9.95. The fourth-order valence-corrected chi connectivity index (χ4v) is 8.27. The number of piperazine rings is 1. The van der Waals surface area contributed by atoms with E-state index in [0.717, 1.165) is 61.6 Å². The van der Waals surface area contributed by atoms with Crippen LogP contribution in [0.5, 0.6) is 5.75 Å². The molecule has 3 aromatic rings. The van der Waals surface area contributed by atoms with E-state index in [0.29, 0.717) is 62.0 Å². The second-order valence-electron chi connectivity index (χ2n) is 12.7. The van der Waals surface area contributed by atoms with Crippen LogP contribution in [0.2, 0.25) is 0 Å². The fourth-order valence-electron chi connectivity index (χ4n) is 6.79. The average Bonchev–Trinajstić information content (AvgIpc) is 3.72. The Bertz CT molecular complexity index is 1530. The van der Waals surface area contributed by atoms with Gasteiger partial charge in [-0.3, -0.25) is 0 Å². The molecule has 6 rings (SSSR count). The van der Waals surface area contributed by atoms with Crippen molar-refractivity contribution in [1.29, 1.82) is 0 Å². The molecule has 0 spiro atoms. The summed E-state index contributed by atoms with van der Waals surface area (Å²) in [6.45, 7) is 5.11. The van der Waals surface area contributed by atoms with Gasteiger partial charge >= 0.3 is 0 Å². The molecule has 4 heterocycles. The number of rotatable bonds is 12. The number of hydrogen-bond donors (Lipinski definition) is 3. The van der Waals surface area contributed by atoms with Gasteiger partial charge in [0.1, 0.15) is 11.3 Å². The van der Waals surface area contributed by atoms with Crippen molar-refractivity contribution in [2.45, 2.75) is 57.0 Å². The van der Waals surface area contributed by atoms with E-state index >= 15 is 0 Å². The fraction of sp³-hybridized carbons (Fsp3) is 0.645. The molecule has 0 amide bonds. The van der Waals surface area contributed by atoms with Crippen molar-refractivity contribution in [3.8, 4) is 5.75 Å². The molecule has 2 aliphatic heterocycles. The standard InChI is InChI=1S/C31H48N10O3S/c1-38(2)25-12-14-39(21-25)13-7-19-45(42,43)41-17-15-40(16-18-41)24-10-11-26(27(20-24)44-3)35-31-36-29-28(32-22-33-29)30(37-31)34-23-8-5-4-6-9-23/h10-11,20,22-23,25H,4-9,12-19,21H2,1-3H3,(H3,32,33,34,35,36,37). The summed E-state index contributed by atoms with van der Waals surface area (Å²) in [5.41, 5.74) is 3.14. The minimum absolute atomic E-state index is 0.203. The van der Waals surface area contributed by atoms with Crippen LogP contribution in [0.4, 0.5) is 23.1 Å². The molecule has 1 aromatic carbocycles. The summed E-state index contributed by atoms with van der Waals surface area (Å²) in [6, 6.07) is 6.93. The monoisotopic (exact) mass is 640 g/mol. The van der Waals surface area contributed by atoms with Gasteiger partial charge in [-0.25, -0.2) is 13.4 Å². The Hall–Kier alpha value is -3.20. The number of methoxy groups -OCH3 is 1. The van der Waals surface area contributed by atoms with Crippen molar-refractivity contribution in [3.63, 3.8) is 0 Å². The molecule has 3 aliphatic rings. The number of fused-ring (bicyclic) bond motifs is 1. The second-order valence-corrected chi connectivity index (χ2v) is 14.8. The Morgan fingerprint density at radius 1 is 1.04 bits per heavy atom. The average molecular weight is 641 g/mol. The van der Waals surface area contributed by atoms with Crippen LogP contribution in [-0.2, 0) is 10.0 Å². The number of aromatic nitrogens is 4. The van der Waals surface area contributed by atoms with Gasteiger partial charge in [-0.1, -0.05) is 19.3 Å². The Morgan fingerprint density at radius 2 is 1.84 bits per heavy atom. The highest BCUT2D eigenvalue weighted by Gasteiger charge is 2.29. The minimum Gasteiger partial charge on any atom is -0.494 e. The zero-order valence-corrected chi connectivity index (χ0v) is 27.7. The largest absolute Gasteiger partial charge is 0.494 e. The van der Waals surface area contributed by atoms with Crippen LogP contribution in [0.1, 0.15) is 44.9 Å². The first-order valence-corrected chi connectivity index (χ1v) is 17.9. The molecule has 0 bridgehead atoms. The van der Waals surface area contributed by atoms with Gasteiger partial charge in [-0.05, 0) is 65.0 Å². The van der Waals surface area contributed by atoms with Gasteiger partial charge in [0.05, 0.1) is 24.9 Å². The van der Waals surface area contributed by atoms with Crippen LogP contribution in [-0.4, -0.2) is 127 Å². The van der Waals surface area contributed by atoms with Gasteiger partial charge < -0.3 is 35.1 Å². The summed E-state index contributed by atoms with van der Waals surface area (Å²) >= 11 is 0. The highest BCUT2D eigenvalue weighted by Crippen LogP contribution is 2.33. The molecular formula is C31H48N10O3S. The Labute approximate surface area is 266 Å². The summed E-state index contributed by atoms with van der Waals surface area (Å²) in [5, 5.41) is 6.94. The lowest BCUT2D eigenvalue weighted by Gasteiger charge is -2.35. The molecule has 2 saturated heterocycles. The second kappa shape index (κ2) is 14.1. The van der Waals surface area contributed by atoms with Crippen molar-refractivity contribution in [2.24, 2.45) is 0 Å².